The molecule has 0 saturated carbocycles. The Kier molecular flexibility index (Phi) is 5.87. The molecule has 172 valence electrons. The van der Waals surface area contributed by atoms with Crippen LogP contribution in [0, 0.1) is 5.92 Å². The van der Waals surface area contributed by atoms with Gasteiger partial charge in [-0.05, 0) is 62.8 Å². The number of aromatic nitrogens is 1. The number of hydrogen-bond acceptors (Lipinski definition) is 5. The van der Waals surface area contributed by atoms with Crippen LogP contribution < -0.4 is 4.90 Å². The molecule has 7 nitrogen and oxygen atoms in total. The van der Waals surface area contributed by atoms with Crippen LogP contribution in [0.15, 0.2) is 42.7 Å². The summed E-state index contributed by atoms with van der Waals surface area (Å²) in [6.45, 7) is 4.55. The first-order valence-electron chi connectivity index (χ1n) is 12.0. The lowest BCUT2D eigenvalue weighted by Gasteiger charge is -2.40. The fourth-order valence-corrected chi connectivity index (χ4v) is 5.45. The van der Waals surface area contributed by atoms with E-state index in [1.54, 1.807) is 24.5 Å². The van der Waals surface area contributed by atoms with Crippen molar-refractivity contribution in [3.8, 4) is 0 Å². The number of hydrogen-bond donors (Lipinski definition) is 0. The molecule has 0 N–H and O–H groups in total. The van der Waals surface area contributed by atoms with E-state index in [2.05, 4.69) is 21.7 Å². The molecule has 0 bridgehead atoms. The van der Waals surface area contributed by atoms with Gasteiger partial charge in [0.15, 0.2) is 0 Å². The van der Waals surface area contributed by atoms with E-state index in [1.165, 1.54) is 11.3 Å². The van der Waals surface area contributed by atoms with Crippen molar-refractivity contribution in [3.05, 3.63) is 59.4 Å². The van der Waals surface area contributed by atoms with E-state index in [0.29, 0.717) is 23.7 Å². The second-order valence-electron chi connectivity index (χ2n) is 9.42. The van der Waals surface area contributed by atoms with Gasteiger partial charge in [0.2, 0.25) is 5.91 Å². The zero-order valence-corrected chi connectivity index (χ0v) is 19.1. The van der Waals surface area contributed by atoms with E-state index >= 15 is 0 Å². The molecule has 4 heterocycles. The first kappa shape index (κ1) is 21.6. The molecule has 0 aliphatic carbocycles. The quantitative estimate of drug-likeness (QED) is 0.672. The van der Waals surface area contributed by atoms with Crippen LogP contribution in [-0.2, 0) is 11.3 Å². The van der Waals surface area contributed by atoms with Gasteiger partial charge >= 0.3 is 0 Å². The number of fused-ring (bicyclic) bond motifs is 1. The van der Waals surface area contributed by atoms with Crippen LogP contribution in [0.4, 0.5) is 5.69 Å². The normalized spacial score (nSPS) is 23.1. The molecule has 2 aromatic rings. The molecule has 2 fully saturated rings. The predicted octanol–water partition coefficient (Wildman–Crippen LogP) is 3.50. The topological polar surface area (TPSA) is 73.8 Å². The van der Waals surface area contributed by atoms with Crippen molar-refractivity contribution >= 4 is 23.4 Å². The van der Waals surface area contributed by atoms with Crippen LogP contribution in [-0.4, -0.2) is 58.2 Å². The molecule has 1 aromatic heterocycles. The molecule has 7 heteroatoms. The Hall–Kier alpha value is -3.22. The summed E-state index contributed by atoms with van der Waals surface area (Å²) in [6, 6.07) is 9.43. The third-order valence-corrected chi connectivity index (χ3v) is 7.24. The van der Waals surface area contributed by atoms with Crippen LogP contribution >= 0.6 is 0 Å². The number of benzene rings is 1. The number of pyridine rings is 1. The molecular formula is C26H30N4O3. The number of carbonyl (C=O) groups is 3. The van der Waals surface area contributed by atoms with Crippen LogP contribution in [0.3, 0.4) is 0 Å². The molecule has 5 rings (SSSR count). The van der Waals surface area contributed by atoms with Crippen LogP contribution in [0.1, 0.15) is 65.3 Å². The molecule has 33 heavy (non-hydrogen) atoms. The minimum atomic E-state index is -0.271. The Balaban J connectivity index is 1.38. The molecule has 0 radical (unpaired) electrons. The van der Waals surface area contributed by atoms with Crippen LogP contribution in [0.25, 0.3) is 0 Å². The monoisotopic (exact) mass is 446 g/mol. The first-order chi connectivity index (χ1) is 16.0. The van der Waals surface area contributed by atoms with Gasteiger partial charge in [0, 0.05) is 38.1 Å². The smallest absolute Gasteiger partial charge is 0.263 e. The van der Waals surface area contributed by atoms with E-state index in [9.17, 15) is 14.4 Å². The maximum absolute atomic E-state index is 13.4. The van der Waals surface area contributed by atoms with Crippen molar-refractivity contribution < 1.29 is 14.4 Å². The van der Waals surface area contributed by atoms with Gasteiger partial charge in [-0.3, -0.25) is 24.3 Å². The molecule has 2 unspecified atom stereocenters. The number of anilines is 1. The lowest BCUT2D eigenvalue weighted by Crippen LogP contribution is -2.49. The summed E-state index contributed by atoms with van der Waals surface area (Å²) in [6.07, 6.45) is 8.43. The average Bonchev–Trinajstić information content (AvgIpc) is 3.09. The van der Waals surface area contributed by atoms with Gasteiger partial charge in [-0.15, -0.1) is 0 Å². The lowest BCUT2D eigenvalue weighted by atomic mass is 9.93. The highest BCUT2D eigenvalue weighted by Crippen LogP contribution is 2.35. The second-order valence-corrected chi connectivity index (χ2v) is 9.42. The molecule has 2 saturated heterocycles. The highest BCUT2D eigenvalue weighted by atomic mass is 16.2. The van der Waals surface area contributed by atoms with Crippen LogP contribution in [0.5, 0.6) is 0 Å². The summed E-state index contributed by atoms with van der Waals surface area (Å²) in [7, 11) is 0. The van der Waals surface area contributed by atoms with Gasteiger partial charge in [0.25, 0.3) is 11.8 Å². The summed E-state index contributed by atoms with van der Waals surface area (Å²) in [5, 5.41) is 0. The Bertz CT molecular complexity index is 1070. The van der Waals surface area contributed by atoms with Gasteiger partial charge in [-0.1, -0.05) is 12.1 Å². The van der Waals surface area contributed by atoms with Crippen molar-refractivity contribution in [2.24, 2.45) is 5.92 Å². The summed E-state index contributed by atoms with van der Waals surface area (Å²) >= 11 is 0. The van der Waals surface area contributed by atoms with Crippen molar-refractivity contribution in [2.75, 3.05) is 24.5 Å². The van der Waals surface area contributed by atoms with Gasteiger partial charge in [-0.25, -0.2) is 0 Å². The van der Waals surface area contributed by atoms with Crippen LogP contribution in [0.2, 0.25) is 0 Å². The minimum Gasteiger partial charge on any atom is -0.370 e. The molecule has 3 aliphatic heterocycles. The second kappa shape index (κ2) is 8.96. The SMILES string of the molecule is CC1CCCCN1C(=O)C1CCCN(c2cccc3c2C(=O)N(Cc2cccnc2)C3=O)C1. The van der Waals surface area contributed by atoms with E-state index in [0.717, 1.165) is 50.0 Å². The largest absolute Gasteiger partial charge is 0.370 e. The number of imide groups is 1. The molecule has 0 spiro atoms. The predicted molar refractivity (Wildman–Crippen MR) is 125 cm³/mol. The molecule has 3 aliphatic rings. The summed E-state index contributed by atoms with van der Waals surface area (Å²) in [5.74, 6) is -0.381. The fourth-order valence-electron chi connectivity index (χ4n) is 5.45. The third kappa shape index (κ3) is 4.01. The highest BCUT2D eigenvalue weighted by molar-refractivity contribution is 6.23. The Labute approximate surface area is 194 Å². The van der Waals surface area contributed by atoms with E-state index in [4.69, 9.17) is 0 Å². The number of rotatable bonds is 4. The van der Waals surface area contributed by atoms with Gasteiger partial charge < -0.3 is 9.80 Å². The van der Waals surface area contributed by atoms with Crippen molar-refractivity contribution in [2.45, 2.75) is 51.6 Å². The van der Waals surface area contributed by atoms with E-state index < -0.39 is 0 Å². The van der Waals surface area contributed by atoms with Gasteiger partial charge in [0.1, 0.15) is 0 Å². The maximum atomic E-state index is 13.4. The maximum Gasteiger partial charge on any atom is 0.263 e. The van der Waals surface area contributed by atoms with Crippen molar-refractivity contribution in [1.82, 2.24) is 14.8 Å². The number of likely N-dealkylation sites (tertiary alicyclic amines) is 1. The Morgan fingerprint density at radius 3 is 2.70 bits per heavy atom. The minimum absolute atomic E-state index is 0.0751. The number of carbonyl (C=O) groups excluding carboxylic acids is 3. The van der Waals surface area contributed by atoms with Gasteiger partial charge in [-0.2, -0.15) is 0 Å². The molecule has 3 amide bonds. The van der Waals surface area contributed by atoms with E-state index in [1.807, 2.05) is 18.2 Å². The zero-order chi connectivity index (χ0) is 22.9. The number of piperidine rings is 2. The summed E-state index contributed by atoms with van der Waals surface area (Å²) < 4.78 is 0. The summed E-state index contributed by atoms with van der Waals surface area (Å²) in [5.41, 5.74) is 2.49. The first-order valence-corrected chi connectivity index (χ1v) is 12.0. The Morgan fingerprint density at radius 2 is 1.91 bits per heavy atom. The van der Waals surface area contributed by atoms with Crippen molar-refractivity contribution in [3.63, 3.8) is 0 Å². The standard InChI is InChI=1S/C26H30N4O3/c1-18-7-2-3-14-29(18)24(31)20-9-6-13-28(17-20)22-11-4-10-21-23(22)26(33)30(25(21)32)16-19-8-5-12-27-15-19/h4-5,8,10-12,15,18,20H,2-3,6-7,9,13-14,16-17H2,1H3. The third-order valence-electron chi connectivity index (χ3n) is 7.24. The highest BCUT2D eigenvalue weighted by Gasteiger charge is 2.40. The fraction of sp³-hybridized carbons (Fsp3) is 0.462. The number of nitrogens with zero attached hydrogens (tertiary/aromatic N) is 4. The number of amides is 3. The van der Waals surface area contributed by atoms with Gasteiger partial charge in [0.05, 0.1) is 29.3 Å². The molecular weight excluding hydrogens is 416 g/mol. The zero-order valence-electron chi connectivity index (χ0n) is 19.1. The van der Waals surface area contributed by atoms with E-state index in [-0.39, 0.29) is 30.2 Å². The summed E-state index contributed by atoms with van der Waals surface area (Å²) in [4.78, 5) is 49.3. The average molecular weight is 447 g/mol. The van der Waals surface area contributed by atoms with Crippen molar-refractivity contribution in [1.29, 1.82) is 0 Å². The Morgan fingerprint density at radius 1 is 1.03 bits per heavy atom. The molecule has 1 aromatic carbocycles. The molecule has 2 atom stereocenters. The lowest BCUT2D eigenvalue weighted by molar-refractivity contribution is -0.139.